The molecule has 0 bridgehead atoms. The Hall–Kier alpha value is -1.90. The van der Waals surface area contributed by atoms with E-state index in [0.29, 0.717) is 5.92 Å². The minimum absolute atomic E-state index is 0.460. The lowest BCUT2D eigenvalue weighted by atomic mass is 10.0. The van der Waals surface area contributed by atoms with E-state index in [4.69, 9.17) is 0 Å². The van der Waals surface area contributed by atoms with Crippen LogP contribution in [0.5, 0.6) is 0 Å². The van der Waals surface area contributed by atoms with Gasteiger partial charge in [0.05, 0.1) is 0 Å². The molecule has 0 amide bonds. The number of benzene rings is 1. The molecule has 0 unspecified atom stereocenters. The van der Waals surface area contributed by atoms with Crippen LogP contribution in [-0.4, -0.2) is 16.5 Å². The van der Waals surface area contributed by atoms with Gasteiger partial charge in [-0.05, 0) is 25.3 Å². The molecule has 2 aromatic rings. The monoisotopic (exact) mass is 241 g/mol. The van der Waals surface area contributed by atoms with Gasteiger partial charge in [0.25, 0.3) is 0 Å². The third-order valence-corrected chi connectivity index (χ3v) is 2.92. The van der Waals surface area contributed by atoms with Gasteiger partial charge in [-0.3, -0.25) is 0 Å². The lowest BCUT2D eigenvalue weighted by Gasteiger charge is -2.13. The van der Waals surface area contributed by atoms with Gasteiger partial charge in [0.2, 0.25) is 0 Å². The summed E-state index contributed by atoms with van der Waals surface area (Å²) in [4.78, 5) is 8.65. The first-order valence-electron chi connectivity index (χ1n) is 6.26. The fraction of sp³-hybridized carbons (Fsp3) is 0.333. The Morgan fingerprint density at radius 3 is 2.50 bits per heavy atom. The summed E-state index contributed by atoms with van der Waals surface area (Å²) in [6.07, 6.45) is 0. The van der Waals surface area contributed by atoms with Crippen LogP contribution in [-0.2, 0) is 0 Å². The number of anilines is 1. The summed E-state index contributed by atoms with van der Waals surface area (Å²) in [5, 5.41) is 3.37. The van der Waals surface area contributed by atoms with E-state index < -0.39 is 0 Å². The molecule has 18 heavy (non-hydrogen) atoms. The van der Waals surface area contributed by atoms with Gasteiger partial charge in [-0.25, -0.2) is 9.97 Å². The molecule has 1 aromatic carbocycles. The first-order valence-corrected chi connectivity index (χ1v) is 6.26. The first-order chi connectivity index (χ1) is 8.65. The van der Waals surface area contributed by atoms with E-state index in [1.165, 1.54) is 5.56 Å². The molecule has 1 heterocycles. The molecule has 0 saturated heterocycles. The van der Waals surface area contributed by atoms with E-state index in [1.54, 1.807) is 0 Å². The maximum atomic E-state index is 4.38. The Bertz CT molecular complexity index is 488. The van der Waals surface area contributed by atoms with Crippen molar-refractivity contribution < 1.29 is 0 Å². The van der Waals surface area contributed by atoms with E-state index in [-0.39, 0.29) is 0 Å². The summed E-state index contributed by atoms with van der Waals surface area (Å²) in [5.41, 5.74) is 2.34. The predicted octanol–water partition coefficient (Wildman–Crippen LogP) is 3.31. The second-order valence-corrected chi connectivity index (χ2v) is 4.63. The topological polar surface area (TPSA) is 37.8 Å². The minimum atomic E-state index is 0.460. The standard InChI is InChI=1S/C15H19N3/c1-11(14-7-5-4-6-8-14)10-16-15-9-12(2)17-13(3)18-15/h4-9,11H,10H2,1-3H3,(H,16,17,18)/t11-/m0/s1. The van der Waals surface area contributed by atoms with Crippen molar-refractivity contribution in [2.24, 2.45) is 0 Å². The number of rotatable bonds is 4. The maximum Gasteiger partial charge on any atom is 0.129 e. The summed E-state index contributed by atoms with van der Waals surface area (Å²) in [6.45, 7) is 6.99. The molecule has 0 aliphatic rings. The highest BCUT2D eigenvalue weighted by atomic mass is 15.0. The number of nitrogens with one attached hydrogen (secondary N) is 1. The zero-order valence-corrected chi connectivity index (χ0v) is 11.1. The van der Waals surface area contributed by atoms with E-state index in [2.05, 4.69) is 46.5 Å². The second-order valence-electron chi connectivity index (χ2n) is 4.63. The van der Waals surface area contributed by atoms with Crippen molar-refractivity contribution in [2.45, 2.75) is 26.7 Å². The van der Waals surface area contributed by atoms with Crippen LogP contribution in [0.2, 0.25) is 0 Å². The van der Waals surface area contributed by atoms with Gasteiger partial charge in [-0.2, -0.15) is 0 Å². The summed E-state index contributed by atoms with van der Waals surface area (Å²) >= 11 is 0. The van der Waals surface area contributed by atoms with Gasteiger partial charge in [0.1, 0.15) is 11.6 Å². The second kappa shape index (κ2) is 5.63. The number of hydrogen-bond donors (Lipinski definition) is 1. The Labute approximate surface area is 108 Å². The number of nitrogens with zero attached hydrogens (tertiary/aromatic N) is 2. The Morgan fingerprint density at radius 2 is 1.83 bits per heavy atom. The van der Waals surface area contributed by atoms with Crippen LogP contribution in [0.4, 0.5) is 5.82 Å². The molecule has 94 valence electrons. The van der Waals surface area contributed by atoms with E-state index in [9.17, 15) is 0 Å². The molecule has 0 fully saturated rings. The smallest absolute Gasteiger partial charge is 0.129 e. The molecule has 3 nitrogen and oxygen atoms in total. The van der Waals surface area contributed by atoms with Crippen molar-refractivity contribution in [1.29, 1.82) is 0 Å². The van der Waals surface area contributed by atoms with Gasteiger partial charge in [-0.1, -0.05) is 37.3 Å². The summed E-state index contributed by atoms with van der Waals surface area (Å²) in [7, 11) is 0. The Balaban J connectivity index is 1.99. The van der Waals surface area contributed by atoms with E-state index in [1.807, 2.05) is 26.0 Å². The molecule has 0 aliphatic carbocycles. The summed E-state index contributed by atoms with van der Waals surface area (Å²) < 4.78 is 0. The van der Waals surface area contributed by atoms with Crippen LogP contribution in [0.1, 0.15) is 29.9 Å². The highest BCUT2D eigenvalue weighted by Crippen LogP contribution is 2.15. The molecule has 1 aromatic heterocycles. The molecule has 1 atom stereocenters. The van der Waals surface area contributed by atoms with Crippen molar-refractivity contribution in [3.05, 3.63) is 53.5 Å². The van der Waals surface area contributed by atoms with Gasteiger partial charge >= 0.3 is 0 Å². The Kier molecular flexibility index (Phi) is 3.92. The van der Waals surface area contributed by atoms with Gasteiger partial charge < -0.3 is 5.32 Å². The van der Waals surface area contributed by atoms with Crippen molar-refractivity contribution in [1.82, 2.24) is 9.97 Å². The summed E-state index contributed by atoms with van der Waals surface area (Å²) in [5.74, 6) is 2.18. The lowest BCUT2D eigenvalue weighted by Crippen LogP contribution is -2.11. The minimum Gasteiger partial charge on any atom is -0.369 e. The molecule has 2 rings (SSSR count). The van der Waals surface area contributed by atoms with Crippen LogP contribution in [0.3, 0.4) is 0 Å². The Morgan fingerprint density at radius 1 is 1.11 bits per heavy atom. The zero-order valence-electron chi connectivity index (χ0n) is 11.1. The van der Waals surface area contributed by atoms with Crippen LogP contribution in [0.25, 0.3) is 0 Å². The van der Waals surface area contributed by atoms with Gasteiger partial charge in [0.15, 0.2) is 0 Å². The number of hydrogen-bond acceptors (Lipinski definition) is 3. The molecule has 1 N–H and O–H groups in total. The molecule has 0 spiro atoms. The van der Waals surface area contributed by atoms with Crippen LogP contribution < -0.4 is 5.32 Å². The number of aryl methyl sites for hydroxylation is 2. The van der Waals surface area contributed by atoms with Gasteiger partial charge in [0, 0.05) is 18.3 Å². The molecule has 0 aliphatic heterocycles. The average Bonchev–Trinajstić information content (AvgIpc) is 2.36. The van der Waals surface area contributed by atoms with Crippen molar-refractivity contribution in [3.8, 4) is 0 Å². The fourth-order valence-corrected chi connectivity index (χ4v) is 1.96. The molecular weight excluding hydrogens is 222 g/mol. The SMILES string of the molecule is Cc1cc(NC[C@H](C)c2ccccc2)nc(C)n1. The van der Waals surface area contributed by atoms with Crippen LogP contribution in [0, 0.1) is 13.8 Å². The molecular formula is C15H19N3. The highest BCUT2D eigenvalue weighted by molar-refractivity contribution is 5.36. The average molecular weight is 241 g/mol. The fourth-order valence-electron chi connectivity index (χ4n) is 1.96. The van der Waals surface area contributed by atoms with E-state index >= 15 is 0 Å². The highest BCUT2D eigenvalue weighted by Gasteiger charge is 2.05. The summed E-state index contributed by atoms with van der Waals surface area (Å²) in [6, 6.07) is 12.5. The van der Waals surface area contributed by atoms with Crippen LogP contribution >= 0.6 is 0 Å². The zero-order chi connectivity index (χ0) is 13.0. The van der Waals surface area contributed by atoms with Crippen molar-refractivity contribution >= 4 is 5.82 Å². The maximum absolute atomic E-state index is 4.38. The first kappa shape index (κ1) is 12.6. The molecule has 0 saturated carbocycles. The van der Waals surface area contributed by atoms with Crippen molar-refractivity contribution in [2.75, 3.05) is 11.9 Å². The van der Waals surface area contributed by atoms with Crippen LogP contribution in [0.15, 0.2) is 36.4 Å². The largest absolute Gasteiger partial charge is 0.369 e. The normalized spacial score (nSPS) is 12.2. The van der Waals surface area contributed by atoms with Gasteiger partial charge in [-0.15, -0.1) is 0 Å². The molecule has 3 heteroatoms. The van der Waals surface area contributed by atoms with E-state index in [0.717, 1.165) is 23.9 Å². The number of aromatic nitrogens is 2. The lowest BCUT2D eigenvalue weighted by molar-refractivity contribution is 0.799. The third kappa shape index (κ3) is 3.29. The quantitative estimate of drug-likeness (QED) is 0.892. The molecule has 0 radical (unpaired) electrons. The predicted molar refractivity (Wildman–Crippen MR) is 74.9 cm³/mol. The third-order valence-electron chi connectivity index (χ3n) is 2.92. The van der Waals surface area contributed by atoms with Crippen molar-refractivity contribution in [3.63, 3.8) is 0 Å².